The van der Waals surface area contributed by atoms with Crippen LogP contribution >= 0.6 is 0 Å². The van der Waals surface area contributed by atoms with Gasteiger partial charge in [-0.2, -0.15) is 23.3 Å². The van der Waals surface area contributed by atoms with Crippen LogP contribution in [0.3, 0.4) is 0 Å². The molecule has 0 unspecified atom stereocenters. The number of hydrogen-bond donors (Lipinski definition) is 1. The summed E-state index contributed by atoms with van der Waals surface area (Å²) in [5, 5.41) is 14.0. The average Bonchev–Trinajstić information content (AvgIpc) is 2.95. The number of carbonyl (C=O) groups excluding carboxylic acids is 1. The van der Waals surface area contributed by atoms with Crippen molar-refractivity contribution in [3.8, 4) is 5.75 Å². The fourth-order valence-corrected chi connectivity index (χ4v) is 2.88. The zero-order chi connectivity index (χ0) is 21.2. The van der Waals surface area contributed by atoms with Gasteiger partial charge in [-0.1, -0.05) is 46.2 Å². The average molecular weight is 400 g/mol. The van der Waals surface area contributed by atoms with Gasteiger partial charge in [-0.3, -0.25) is 4.79 Å². The number of carbonyl (C=O) groups is 1. The van der Waals surface area contributed by atoms with Crippen molar-refractivity contribution in [2.45, 2.75) is 70.7 Å². The van der Waals surface area contributed by atoms with Crippen molar-refractivity contribution in [2.24, 2.45) is 5.10 Å². The first kappa shape index (κ1) is 22.2. The fraction of sp³-hybridized carbons (Fsp3) is 0.600. The van der Waals surface area contributed by atoms with Gasteiger partial charge in [-0.25, -0.2) is 0 Å². The van der Waals surface area contributed by atoms with Crippen molar-refractivity contribution < 1.29 is 27.8 Å². The number of nitrogens with zero attached hydrogens (tertiary/aromatic N) is 2. The molecule has 1 atom stereocenters. The molecule has 5 nitrogen and oxygen atoms in total. The Kier molecular flexibility index (Phi) is 6.43. The topological polar surface area (TPSA) is 62.1 Å². The quantitative estimate of drug-likeness (QED) is 0.770. The third-order valence-corrected chi connectivity index (χ3v) is 4.63. The molecule has 0 saturated heterocycles. The number of hydrogen-bond acceptors (Lipinski definition) is 4. The number of hydrazone groups is 1. The van der Waals surface area contributed by atoms with Crippen molar-refractivity contribution >= 4 is 11.6 Å². The van der Waals surface area contributed by atoms with E-state index in [1.54, 1.807) is 12.1 Å². The third kappa shape index (κ3) is 4.84. The Morgan fingerprint density at radius 3 is 2.36 bits per heavy atom. The Morgan fingerprint density at radius 2 is 1.86 bits per heavy atom. The van der Waals surface area contributed by atoms with Crippen molar-refractivity contribution in [2.75, 3.05) is 6.61 Å². The largest absolute Gasteiger partial charge is 0.484 e. The Morgan fingerprint density at radius 1 is 1.25 bits per heavy atom. The van der Waals surface area contributed by atoms with Crippen LogP contribution in [0.1, 0.15) is 58.9 Å². The van der Waals surface area contributed by atoms with Crippen molar-refractivity contribution in [3.63, 3.8) is 0 Å². The molecular formula is C20H27F3N2O3. The monoisotopic (exact) mass is 400 g/mol. The van der Waals surface area contributed by atoms with Crippen LogP contribution in [0.4, 0.5) is 13.2 Å². The summed E-state index contributed by atoms with van der Waals surface area (Å²) >= 11 is 0. The molecule has 0 radical (unpaired) electrons. The lowest BCUT2D eigenvalue weighted by atomic mass is 9.87. The Bertz CT molecular complexity index is 724. The van der Waals surface area contributed by atoms with Gasteiger partial charge in [0.1, 0.15) is 5.75 Å². The van der Waals surface area contributed by atoms with Crippen LogP contribution in [-0.2, 0) is 10.2 Å². The van der Waals surface area contributed by atoms with E-state index in [-0.39, 0.29) is 16.1 Å². The minimum atomic E-state index is -5.02. The molecule has 0 fully saturated rings. The van der Waals surface area contributed by atoms with E-state index >= 15 is 0 Å². The molecule has 8 heteroatoms. The molecule has 156 valence electrons. The summed E-state index contributed by atoms with van der Waals surface area (Å²) in [6, 6.07) is 6.99. The molecule has 0 bridgehead atoms. The van der Waals surface area contributed by atoms with Gasteiger partial charge in [-0.15, -0.1) is 0 Å². The highest BCUT2D eigenvalue weighted by Crippen LogP contribution is 2.41. The van der Waals surface area contributed by atoms with E-state index in [2.05, 4.69) is 5.10 Å². The van der Waals surface area contributed by atoms with Crippen molar-refractivity contribution in [3.05, 3.63) is 29.8 Å². The number of ether oxygens (including phenoxy) is 1. The molecule has 1 N–H and O–H groups in total. The number of alkyl halides is 3. The number of unbranched alkanes of at least 4 members (excludes halogenated alkanes) is 1. The highest BCUT2D eigenvalue weighted by Gasteiger charge is 2.63. The first-order chi connectivity index (χ1) is 12.9. The van der Waals surface area contributed by atoms with Gasteiger partial charge >= 0.3 is 6.18 Å². The first-order valence-corrected chi connectivity index (χ1v) is 9.30. The minimum Gasteiger partial charge on any atom is -0.484 e. The minimum absolute atomic E-state index is 0.0588. The van der Waals surface area contributed by atoms with Gasteiger partial charge in [0.05, 0.1) is 0 Å². The van der Waals surface area contributed by atoms with Crippen LogP contribution in [0.15, 0.2) is 29.4 Å². The fourth-order valence-electron chi connectivity index (χ4n) is 2.88. The van der Waals surface area contributed by atoms with E-state index in [0.717, 1.165) is 12.0 Å². The molecule has 1 amide bonds. The molecule has 0 aromatic heterocycles. The summed E-state index contributed by atoms with van der Waals surface area (Å²) in [6.07, 6.45) is -4.05. The normalized spacial score (nSPS) is 20.3. The van der Waals surface area contributed by atoms with E-state index in [4.69, 9.17) is 4.74 Å². The molecule has 28 heavy (non-hydrogen) atoms. The van der Waals surface area contributed by atoms with Crippen LogP contribution in [0.2, 0.25) is 0 Å². The maximum absolute atomic E-state index is 13.4. The van der Waals surface area contributed by atoms with Crippen LogP contribution in [0.25, 0.3) is 0 Å². The predicted octanol–water partition coefficient (Wildman–Crippen LogP) is 4.39. The molecule has 1 aromatic carbocycles. The number of benzene rings is 1. The second-order valence-electron chi connectivity index (χ2n) is 8.03. The molecule has 0 saturated carbocycles. The molecule has 2 rings (SSSR count). The van der Waals surface area contributed by atoms with Crippen molar-refractivity contribution in [1.82, 2.24) is 5.01 Å². The molecular weight excluding hydrogens is 373 g/mol. The van der Waals surface area contributed by atoms with Crippen LogP contribution in [0, 0.1) is 0 Å². The third-order valence-electron chi connectivity index (χ3n) is 4.63. The number of rotatable bonds is 6. The summed E-state index contributed by atoms with van der Waals surface area (Å²) < 4.78 is 45.6. The van der Waals surface area contributed by atoms with Gasteiger partial charge < -0.3 is 9.84 Å². The number of halogens is 3. The Hall–Kier alpha value is -2.09. The van der Waals surface area contributed by atoms with Crippen LogP contribution < -0.4 is 4.74 Å². The van der Waals surface area contributed by atoms with Gasteiger partial charge in [0, 0.05) is 12.1 Å². The Balaban J connectivity index is 2.10. The lowest BCUT2D eigenvalue weighted by molar-refractivity contribution is -0.302. The van der Waals surface area contributed by atoms with E-state index in [9.17, 15) is 23.1 Å². The lowest BCUT2D eigenvalue weighted by Crippen LogP contribution is -2.57. The lowest BCUT2D eigenvalue weighted by Gasteiger charge is -2.32. The second-order valence-corrected chi connectivity index (χ2v) is 8.03. The van der Waals surface area contributed by atoms with Gasteiger partial charge in [0.25, 0.3) is 11.6 Å². The van der Waals surface area contributed by atoms with E-state index < -0.39 is 30.8 Å². The van der Waals surface area contributed by atoms with Crippen LogP contribution in [-0.4, -0.2) is 40.2 Å². The number of amides is 1. The van der Waals surface area contributed by atoms with Gasteiger partial charge in [0.15, 0.2) is 6.61 Å². The summed E-state index contributed by atoms with van der Waals surface area (Å²) in [7, 11) is 0. The summed E-state index contributed by atoms with van der Waals surface area (Å²) in [6.45, 7) is 7.38. The summed E-state index contributed by atoms with van der Waals surface area (Å²) in [4.78, 5) is 12.4. The maximum Gasteiger partial charge on any atom is 0.438 e. The van der Waals surface area contributed by atoms with Gasteiger partial charge in [0.2, 0.25) is 0 Å². The van der Waals surface area contributed by atoms with E-state index in [1.165, 1.54) is 0 Å². The molecule has 0 spiro atoms. The number of aliphatic hydroxyl groups is 1. The molecule has 1 heterocycles. The summed E-state index contributed by atoms with van der Waals surface area (Å²) in [5.41, 5.74) is -2.17. The Labute approximate surface area is 163 Å². The SMILES string of the molecule is CCCCC1=NN(C(=O)COc2ccc(C(C)(C)C)cc2)[C@@](O)(C(F)(F)F)C1. The highest BCUT2D eigenvalue weighted by molar-refractivity contribution is 5.91. The maximum atomic E-state index is 13.4. The van der Waals surface area contributed by atoms with Gasteiger partial charge in [-0.05, 0) is 36.0 Å². The van der Waals surface area contributed by atoms with Crippen LogP contribution in [0.5, 0.6) is 5.75 Å². The molecule has 1 aromatic rings. The second kappa shape index (κ2) is 8.11. The highest BCUT2D eigenvalue weighted by atomic mass is 19.4. The van der Waals surface area contributed by atoms with Crippen molar-refractivity contribution in [1.29, 1.82) is 0 Å². The van der Waals surface area contributed by atoms with E-state index in [1.807, 2.05) is 39.8 Å². The molecule has 1 aliphatic heterocycles. The zero-order valence-electron chi connectivity index (χ0n) is 16.6. The predicted molar refractivity (Wildman–Crippen MR) is 100 cm³/mol. The smallest absolute Gasteiger partial charge is 0.438 e. The first-order valence-electron chi connectivity index (χ1n) is 9.30. The zero-order valence-corrected chi connectivity index (χ0v) is 16.6. The summed E-state index contributed by atoms with van der Waals surface area (Å²) in [5.74, 6) is -0.697. The standard InChI is InChI=1S/C20H27F3N2O3/c1-5-6-7-15-12-19(27,20(21,22)23)25(24-15)17(26)13-28-16-10-8-14(9-11-16)18(2,3)4/h8-11,27H,5-7,12-13H2,1-4H3/t19-/m0/s1. The molecule has 0 aliphatic carbocycles. The molecule has 1 aliphatic rings. The van der Waals surface area contributed by atoms with E-state index in [0.29, 0.717) is 18.6 Å².